The van der Waals surface area contributed by atoms with E-state index in [0.717, 1.165) is 15.9 Å². The first-order chi connectivity index (χ1) is 33.2. The fraction of sp³-hybridized carbons (Fsp3) is 0. The molecule has 356 valence electrons. The third-order valence-corrected chi connectivity index (χ3v) is 20.1. The molecule has 0 bridgehead atoms. The predicted octanol–water partition coefficient (Wildman–Crippen LogP) is 4.16. The van der Waals surface area contributed by atoms with E-state index in [2.05, 4.69) is 72.8 Å². The molecule has 17 heteroatoms. The summed E-state index contributed by atoms with van der Waals surface area (Å²) in [4.78, 5) is -0.591. The minimum atomic E-state index is -4.42. The van der Waals surface area contributed by atoms with E-state index in [4.69, 9.17) is 0 Å². The molecule has 9 aromatic rings. The Balaban J connectivity index is 0.000000230. The van der Waals surface area contributed by atoms with Crippen LogP contribution in [0.4, 0.5) is 0 Å². The second-order valence-corrected chi connectivity index (χ2v) is 25.7. The van der Waals surface area contributed by atoms with Gasteiger partial charge in [-0.1, -0.05) is 218 Å². The van der Waals surface area contributed by atoms with Gasteiger partial charge in [0.2, 0.25) is 0 Å². The van der Waals surface area contributed by atoms with Gasteiger partial charge in [0, 0.05) is 0 Å². The molecule has 9 rings (SSSR count). The summed E-state index contributed by atoms with van der Waals surface area (Å²) in [5.74, 6) is 0. The molecule has 0 aliphatic heterocycles. The van der Waals surface area contributed by atoms with Crippen LogP contribution in [0.3, 0.4) is 0 Å². The van der Waals surface area contributed by atoms with Crippen molar-refractivity contribution in [3.8, 4) is 0 Å². The molecule has 0 unspecified atom stereocenters. The zero-order valence-electron chi connectivity index (χ0n) is 38.8. The molecule has 0 saturated heterocycles. The molecule has 0 aliphatic carbocycles. The Morgan fingerprint density at radius 3 is 0.493 bits per heavy atom. The summed E-state index contributed by atoms with van der Waals surface area (Å²) >= 11 is 0. The van der Waals surface area contributed by atoms with E-state index in [0.29, 0.717) is 0 Å². The van der Waals surface area contributed by atoms with Crippen molar-refractivity contribution in [2.75, 3.05) is 0 Å². The maximum Gasteiger partial charge on any atom is 3.00 e. The van der Waals surface area contributed by atoms with Gasteiger partial charge < -0.3 is 15.1 Å². The smallest absolute Gasteiger partial charge is 1.00 e. The largest absolute Gasteiger partial charge is 3.00 e. The van der Waals surface area contributed by atoms with Crippen molar-refractivity contribution in [3.63, 3.8) is 0 Å². The molecule has 0 saturated carbocycles. The molecule has 0 radical (unpaired) electrons. The summed E-state index contributed by atoms with van der Waals surface area (Å²) in [5, 5.41) is 10.0. The van der Waals surface area contributed by atoms with Gasteiger partial charge in [0.15, 0.2) is 0 Å². The van der Waals surface area contributed by atoms with Crippen molar-refractivity contribution in [1.82, 2.24) is 0 Å². The van der Waals surface area contributed by atoms with Gasteiger partial charge in [0.25, 0.3) is 0 Å². The summed E-state index contributed by atoms with van der Waals surface area (Å²) in [6, 6.07) is 79.2. The van der Waals surface area contributed by atoms with Crippen LogP contribution in [-0.4, -0.2) is 38.9 Å². The van der Waals surface area contributed by atoms with Crippen molar-refractivity contribution in [1.29, 1.82) is 0 Å². The van der Waals surface area contributed by atoms with E-state index >= 15 is 0 Å². The summed E-state index contributed by atoms with van der Waals surface area (Å²) < 4.78 is 99.9. The van der Waals surface area contributed by atoms with Crippen LogP contribution in [0.1, 0.15) is 1.43 Å². The van der Waals surface area contributed by atoms with Gasteiger partial charge in [0.05, 0.1) is 14.7 Å². The first-order valence-corrected chi connectivity index (χ1v) is 29.3. The molecule has 0 N–H and O–H groups in total. The fourth-order valence-corrected chi connectivity index (χ4v) is 15.3. The van der Waals surface area contributed by atoms with E-state index in [1.807, 2.05) is 109 Å². The molecule has 0 heterocycles. The molecule has 0 aromatic heterocycles. The monoisotopic (exact) mass is 1170 g/mol. The minimum absolute atomic E-state index is 0. The number of hydrogen-bond donors (Lipinski definition) is 0. The van der Waals surface area contributed by atoms with Crippen LogP contribution in [-0.2, 0) is 49.8 Å². The second kappa shape index (κ2) is 27.5. The van der Waals surface area contributed by atoms with Gasteiger partial charge >= 0.3 is 70.9 Å². The van der Waals surface area contributed by atoms with Crippen LogP contribution < -0.4 is 99.1 Å². The number of rotatable bonds is 12. The van der Waals surface area contributed by atoms with E-state index < -0.39 is 54.1 Å². The van der Waals surface area contributed by atoms with E-state index in [9.17, 15) is 38.9 Å². The average molecular weight is 1170 g/mol. The molecule has 9 aromatic carbocycles. The quantitative estimate of drug-likeness (QED) is 0.0991. The van der Waals surface area contributed by atoms with Crippen LogP contribution >= 0.6 is 23.8 Å². The van der Waals surface area contributed by atoms with Crippen molar-refractivity contribution >= 4 is 102 Å². The van der Waals surface area contributed by atoms with Crippen LogP contribution in [0.25, 0.3) is 0 Å². The van der Waals surface area contributed by atoms with Gasteiger partial charge in [-0.3, -0.25) is 0 Å². The van der Waals surface area contributed by atoms with Crippen LogP contribution in [0.5, 0.6) is 0 Å². The Bertz CT molecular complexity index is 2900. The summed E-state index contributed by atoms with van der Waals surface area (Å²) in [7, 11) is -15.6. The average Bonchev–Trinajstić information content (AvgIpc) is 3.36. The maximum absolute atomic E-state index is 11.1. The fourth-order valence-electron chi connectivity index (χ4n) is 7.09. The SMILES string of the molecule is O=S(=O)([O-])c1ccc(P(c2ccccc2)c2ccccc2)cc1.O=S(=O)([O-])c1ccc(P(c2ccccc2)c2ccccc2)cc1.O=S(=O)([O-])c1ccc(P(c2ccccc2)c2ccccc2)cc1.[H-].[K+].[Rh+3]. The number of hydrogen-bond acceptors (Lipinski definition) is 9. The van der Waals surface area contributed by atoms with Crippen molar-refractivity contribution in [3.05, 3.63) is 255 Å². The second-order valence-electron chi connectivity index (χ2n) is 14.9. The van der Waals surface area contributed by atoms with Crippen molar-refractivity contribution in [2.24, 2.45) is 0 Å². The Hall–Kier alpha value is -3.74. The number of benzene rings is 9. The van der Waals surface area contributed by atoms with Gasteiger partial charge in [-0.25, -0.2) is 25.3 Å². The van der Waals surface area contributed by atoms with Gasteiger partial charge in [-0.05, 0) is 108 Å². The summed E-state index contributed by atoms with van der Waals surface area (Å²) in [6.07, 6.45) is 0. The van der Waals surface area contributed by atoms with Gasteiger partial charge in [-0.15, -0.1) is 0 Å². The Morgan fingerprint density at radius 2 is 0.366 bits per heavy atom. The van der Waals surface area contributed by atoms with Crippen LogP contribution in [0.15, 0.2) is 269 Å². The molecule has 0 spiro atoms. The van der Waals surface area contributed by atoms with Crippen molar-refractivity contribution in [2.45, 2.75) is 14.7 Å². The molecule has 9 nitrogen and oxygen atoms in total. The molecule has 0 amide bonds. The van der Waals surface area contributed by atoms with Gasteiger partial charge in [0.1, 0.15) is 30.4 Å². The Labute approximate surface area is 477 Å². The Morgan fingerprint density at radius 1 is 0.239 bits per heavy atom. The molecular formula is C54H43KO9P3RhS3. The summed E-state index contributed by atoms with van der Waals surface area (Å²) in [5.41, 5.74) is 0. The topological polar surface area (TPSA) is 172 Å². The van der Waals surface area contributed by atoms with E-state index in [-0.39, 0.29) is 87.0 Å². The first kappa shape index (κ1) is 58.2. The van der Waals surface area contributed by atoms with E-state index in [1.54, 1.807) is 36.4 Å². The zero-order valence-corrected chi connectivity index (χ0v) is 47.7. The molecule has 0 fully saturated rings. The Kier molecular flexibility index (Phi) is 22.5. The zero-order chi connectivity index (χ0) is 48.9. The summed E-state index contributed by atoms with van der Waals surface area (Å²) in [6.45, 7) is 0. The maximum atomic E-state index is 11.1. The minimum Gasteiger partial charge on any atom is -1.00 e. The predicted molar refractivity (Wildman–Crippen MR) is 280 cm³/mol. The first-order valence-electron chi connectivity index (χ1n) is 21.1. The van der Waals surface area contributed by atoms with E-state index in [1.165, 1.54) is 68.2 Å². The van der Waals surface area contributed by atoms with Gasteiger partial charge in [-0.2, -0.15) is 0 Å². The third-order valence-electron chi connectivity index (χ3n) is 10.2. The van der Waals surface area contributed by atoms with Crippen molar-refractivity contribution < 1.29 is 111 Å². The van der Waals surface area contributed by atoms with Crippen LogP contribution in [0, 0.1) is 0 Å². The molecular weight excluding hydrogens is 1120 g/mol. The third kappa shape index (κ3) is 16.6. The normalized spacial score (nSPS) is 11.2. The standard InChI is InChI=1S/3C18H15O3PS.K.Rh.H/c3*19-23(20,21)18-13-11-17(12-14-18)22(15-7-3-1-4-8-15)16-9-5-2-6-10-16;;;/h3*1-14H,(H,19,20,21);;;/q;;;+1;+3;-1/p-3. The molecule has 0 atom stereocenters. The molecule has 71 heavy (non-hydrogen) atoms. The molecule has 0 aliphatic rings. The van der Waals surface area contributed by atoms with Crippen LogP contribution in [0.2, 0.25) is 0 Å².